The first-order valence-electron chi connectivity index (χ1n) is 9.49. The first-order valence-corrected chi connectivity index (χ1v) is 9.49. The smallest absolute Gasteiger partial charge is 0.183 e. The maximum absolute atomic E-state index is 12.0. The van der Waals surface area contributed by atoms with E-state index in [-0.39, 0.29) is 5.92 Å². The molecule has 6 heteroatoms. The van der Waals surface area contributed by atoms with Crippen molar-refractivity contribution in [3.63, 3.8) is 0 Å². The molecule has 3 atom stereocenters. The zero-order valence-electron chi connectivity index (χ0n) is 15.8. The second-order valence-electron chi connectivity index (χ2n) is 7.65. The number of aliphatic hydroxyl groups is 1. The third-order valence-corrected chi connectivity index (χ3v) is 6.31. The van der Waals surface area contributed by atoms with Crippen molar-refractivity contribution in [1.29, 1.82) is 10.5 Å². The highest BCUT2D eigenvalue weighted by Gasteiger charge is 2.70. The molecule has 0 saturated heterocycles. The van der Waals surface area contributed by atoms with E-state index in [1.54, 1.807) is 19.2 Å². The molecule has 2 aromatic carbocycles. The summed E-state index contributed by atoms with van der Waals surface area (Å²) in [6, 6.07) is 21.4. The van der Waals surface area contributed by atoms with Gasteiger partial charge in [-0.1, -0.05) is 42.5 Å². The normalized spacial score (nSPS) is 26.8. The van der Waals surface area contributed by atoms with Crippen LogP contribution in [0, 0.1) is 22.7 Å². The van der Waals surface area contributed by atoms with Crippen LogP contribution in [0.4, 0.5) is 0 Å². The molecular weight excluding hydrogens is 364 g/mol. The quantitative estimate of drug-likeness (QED) is 0.734. The van der Waals surface area contributed by atoms with Crippen LogP contribution >= 0.6 is 0 Å². The Kier molecular flexibility index (Phi) is 3.58. The number of nitrogens with zero attached hydrogens (tertiary/aromatic N) is 4. The first-order chi connectivity index (χ1) is 14.0. The van der Waals surface area contributed by atoms with Gasteiger partial charge in [0.15, 0.2) is 22.6 Å². The molecule has 3 unspecified atom stereocenters. The molecule has 2 heterocycles. The van der Waals surface area contributed by atoms with Crippen LogP contribution in [0.15, 0.2) is 54.6 Å². The average Bonchev–Trinajstić information content (AvgIpc) is 3.31. The lowest BCUT2D eigenvalue weighted by atomic mass is 9.73. The summed E-state index contributed by atoms with van der Waals surface area (Å²) in [7, 11) is 1.68. The van der Waals surface area contributed by atoms with Crippen LogP contribution in [-0.4, -0.2) is 14.9 Å². The van der Waals surface area contributed by atoms with Crippen molar-refractivity contribution in [3.05, 3.63) is 82.7 Å². The van der Waals surface area contributed by atoms with E-state index < -0.39 is 11.2 Å². The third-order valence-electron chi connectivity index (χ3n) is 6.31. The molecule has 0 radical (unpaired) electrons. The van der Waals surface area contributed by atoms with Crippen LogP contribution in [0.1, 0.15) is 46.8 Å². The van der Waals surface area contributed by atoms with Crippen LogP contribution in [0.5, 0.6) is 5.75 Å². The minimum absolute atomic E-state index is 0.132. The van der Waals surface area contributed by atoms with Crippen LogP contribution in [0.3, 0.4) is 0 Å². The zero-order valence-corrected chi connectivity index (χ0v) is 15.8. The van der Waals surface area contributed by atoms with E-state index in [2.05, 4.69) is 17.2 Å². The van der Waals surface area contributed by atoms with E-state index in [0.29, 0.717) is 35.5 Å². The van der Waals surface area contributed by atoms with Crippen molar-refractivity contribution in [1.82, 2.24) is 9.78 Å². The maximum Gasteiger partial charge on any atom is 0.183 e. The Morgan fingerprint density at radius 2 is 1.83 bits per heavy atom. The van der Waals surface area contributed by atoms with Gasteiger partial charge in [0, 0.05) is 13.0 Å². The standard InChI is InChI=1S/C23H18N4O2/c1-27-19(14-25)20-21(26-27)22(28)12-11-18(16-5-3-2-4-6-16)23(22,29-20)17-9-7-15(13-24)8-10-17/h2-10,18,28H,11-12H2,1H3. The van der Waals surface area contributed by atoms with Crippen molar-refractivity contribution < 1.29 is 9.84 Å². The molecule has 2 aliphatic rings. The number of ether oxygens (including phenoxy) is 1. The molecule has 5 rings (SSSR count). The molecule has 0 bridgehead atoms. The summed E-state index contributed by atoms with van der Waals surface area (Å²) >= 11 is 0. The maximum atomic E-state index is 12.0. The number of fused-ring (bicyclic) bond motifs is 3. The van der Waals surface area contributed by atoms with Gasteiger partial charge in [0.2, 0.25) is 0 Å². The lowest BCUT2D eigenvalue weighted by Gasteiger charge is -2.40. The van der Waals surface area contributed by atoms with Gasteiger partial charge in [-0.15, -0.1) is 0 Å². The lowest BCUT2D eigenvalue weighted by molar-refractivity contribution is -0.109. The van der Waals surface area contributed by atoms with Gasteiger partial charge in [-0.25, -0.2) is 0 Å². The molecule has 1 aliphatic heterocycles. The summed E-state index contributed by atoms with van der Waals surface area (Å²) in [5.41, 5.74) is 0.594. The summed E-state index contributed by atoms with van der Waals surface area (Å²) in [5.74, 6) is 0.218. The van der Waals surface area contributed by atoms with Gasteiger partial charge in [-0.05, 0) is 36.1 Å². The Balaban J connectivity index is 1.77. The second-order valence-corrected chi connectivity index (χ2v) is 7.65. The van der Waals surface area contributed by atoms with Gasteiger partial charge in [0.05, 0.1) is 11.6 Å². The van der Waals surface area contributed by atoms with Gasteiger partial charge in [0.1, 0.15) is 11.8 Å². The second kappa shape index (κ2) is 5.94. The molecular formula is C23H18N4O2. The molecule has 3 aromatic rings. The Morgan fingerprint density at radius 3 is 2.48 bits per heavy atom. The molecule has 142 valence electrons. The highest BCUT2D eigenvalue weighted by Crippen LogP contribution is 2.66. The van der Waals surface area contributed by atoms with Gasteiger partial charge in [-0.2, -0.15) is 15.6 Å². The van der Waals surface area contributed by atoms with Crippen LogP contribution < -0.4 is 4.74 Å². The number of hydrogen-bond acceptors (Lipinski definition) is 5. The molecule has 29 heavy (non-hydrogen) atoms. The Hall–Kier alpha value is -3.61. The lowest BCUT2D eigenvalue weighted by Crippen LogP contribution is -2.48. The van der Waals surface area contributed by atoms with E-state index in [4.69, 9.17) is 4.74 Å². The monoisotopic (exact) mass is 382 g/mol. The Bertz CT molecular complexity index is 1190. The fourth-order valence-corrected chi connectivity index (χ4v) is 5.01. The molecule has 6 nitrogen and oxygen atoms in total. The predicted octanol–water partition coefficient (Wildman–Crippen LogP) is 3.22. The SMILES string of the molecule is Cn1nc2c(c1C#N)OC1(c3ccc(C#N)cc3)C(c3ccccc3)CCC21O. The van der Waals surface area contributed by atoms with Crippen LogP contribution in [-0.2, 0) is 18.2 Å². The summed E-state index contributed by atoms with van der Waals surface area (Å²) in [6.45, 7) is 0. The van der Waals surface area contributed by atoms with E-state index >= 15 is 0 Å². The van der Waals surface area contributed by atoms with Gasteiger partial charge < -0.3 is 9.84 Å². The number of aryl methyl sites for hydroxylation is 1. The van der Waals surface area contributed by atoms with Crippen LogP contribution in [0.2, 0.25) is 0 Å². The molecule has 0 spiro atoms. The van der Waals surface area contributed by atoms with Gasteiger partial charge in [0.25, 0.3) is 0 Å². The van der Waals surface area contributed by atoms with E-state index in [9.17, 15) is 15.6 Å². The van der Waals surface area contributed by atoms with Crippen LogP contribution in [0.25, 0.3) is 0 Å². The van der Waals surface area contributed by atoms with Gasteiger partial charge >= 0.3 is 0 Å². The number of hydrogen-bond donors (Lipinski definition) is 1. The summed E-state index contributed by atoms with van der Waals surface area (Å²) < 4.78 is 8.01. The molecule has 1 fully saturated rings. The molecule has 1 aromatic heterocycles. The highest BCUT2D eigenvalue weighted by molar-refractivity contribution is 5.55. The summed E-state index contributed by atoms with van der Waals surface area (Å²) in [6.07, 6.45) is 1.17. The average molecular weight is 382 g/mol. The Morgan fingerprint density at radius 1 is 1.10 bits per heavy atom. The van der Waals surface area contributed by atoms with Crippen molar-refractivity contribution in [2.75, 3.05) is 0 Å². The largest absolute Gasteiger partial charge is 0.473 e. The predicted molar refractivity (Wildman–Crippen MR) is 104 cm³/mol. The number of aromatic nitrogens is 2. The van der Waals surface area contributed by atoms with Crippen molar-refractivity contribution >= 4 is 0 Å². The third kappa shape index (κ3) is 2.10. The van der Waals surface area contributed by atoms with Crippen molar-refractivity contribution in [2.24, 2.45) is 7.05 Å². The number of nitriles is 2. The molecule has 1 aliphatic carbocycles. The number of benzene rings is 2. The minimum Gasteiger partial charge on any atom is -0.473 e. The molecule has 1 saturated carbocycles. The van der Waals surface area contributed by atoms with E-state index in [0.717, 1.165) is 11.1 Å². The van der Waals surface area contributed by atoms with Crippen molar-refractivity contribution in [2.45, 2.75) is 30.0 Å². The molecule has 0 amide bonds. The summed E-state index contributed by atoms with van der Waals surface area (Å²) in [4.78, 5) is 0. The fraction of sp³-hybridized carbons (Fsp3) is 0.261. The molecule has 1 N–H and O–H groups in total. The topological polar surface area (TPSA) is 94.9 Å². The Labute approximate surface area is 168 Å². The first kappa shape index (κ1) is 17.5. The number of rotatable bonds is 2. The summed E-state index contributed by atoms with van der Waals surface area (Å²) in [5, 5.41) is 35.3. The van der Waals surface area contributed by atoms with Crippen molar-refractivity contribution in [3.8, 4) is 17.9 Å². The fourth-order valence-electron chi connectivity index (χ4n) is 5.01. The highest BCUT2D eigenvalue weighted by atomic mass is 16.5. The van der Waals surface area contributed by atoms with Gasteiger partial charge in [-0.3, -0.25) is 4.68 Å². The minimum atomic E-state index is -1.37. The van der Waals surface area contributed by atoms with E-state index in [1.165, 1.54) is 4.68 Å². The zero-order chi connectivity index (χ0) is 20.2. The van der Waals surface area contributed by atoms with E-state index in [1.807, 2.05) is 42.5 Å².